The van der Waals surface area contributed by atoms with Crippen molar-refractivity contribution in [2.24, 2.45) is 5.10 Å². The third-order valence-electron chi connectivity index (χ3n) is 6.03. The summed E-state index contributed by atoms with van der Waals surface area (Å²) in [6.07, 6.45) is 2.48. The number of fused-ring (bicyclic) bond motifs is 2. The SMILES string of the molecule is CCOc1cc(C=Nn2c(-c3cc4cc(Cl)ccc4o3)nc3ccccc3c2=O)c(Br)cc1O[C@@H](C)CC. The van der Waals surface area contributed by atoms with Crippen molar-refractivity contribution in [2.75, 3.05) is 6.61 Å². The fraction of sp³-hybridized carbons (Fsp3) is 0.207. The Balaban J connectivity index is 1.65. The Hall–Kier alpha value is -3.62. The van der Waals surface area contributed by atoms with E-state index in [1.54, 1.807) is 48.7 Å². The largest absolute Gasteiger partial charge is 0.490 e. The van der Waals surface area contributed by atoms with Gasteiger partial charge in [0.15, 0.2) is 17.3 Å². The van der Waals surface area contributed by atoms with E-state index in [1.807, 2.05) is 32.0 Å². The van der Waals surface area contributed by atoms with Crippen LogP contribution in [0.5, 0.6) is 11.5 Å². The Bertz CT molecular complexity index is 1730. The lowest BCUT2D eigenvalue weighted by atomic mass is 10.2. The molecule has 3 aromatic carbocycles. The van der Waals surface area contributed by atoms with Crippen LogP contribution >= 0.6 is 27.5 Å². The predicted octanol–water partition coefficient (Wildman–Crippen LogP) is 7.68. The highest BCUT2D eigenvalue weighted by Gasteiger charge is 2.17. The highest BCUT2D eigenvalue weighted by atomic mass is 79.9. The number of furan rings is 1. The molecule has 0 aliphatic carbocycles. The van der Waals surface area contributed by atoms with E-state index in [1.165, 1.54) is 4.68 Å². The lowest BCUT2D eigenvalue weighted by Crippen LogP contribution is -2.20. The fourth-order valence-electron chi connectivity index (χ4n) is 3.94. The van der Waals surface area contributed by atoms with Gasteiger partial charge in [-0.25, -0.2) is 4.98 Å². The molecule has 0 amide bonds. The van der Waals surface area contributed by atoms with Gasteiger partial charge in [0.25, 0.3) is 5.56 Å². The second-order valence-electron chi connectivity index (χ2n) is 8.70. The van der Waals surface area contributed by atoms with E-state index in [-0.39, 0.29) is 17.5 Å². The van der Waals surface area contributed by atoms with E-state index >= 15 is 0 Å². The maximum absolute atomic E-state index is 13.6. The first-order valence-electron chi connectivity index (χ1n) is 12.3. The first-order chi connectivity index (χ1) is 18.4. The van der Waals surface area contributed by atoms with Gasteiger partial charge in [-0.15, -0.1) is 0 Å². The van der Waals surface area contributed by atoms with Gasteiger partial charge in [0, 0.05) is 20.4 Å². The fourth-order valence-corrected chi connectivity index (χ4v) is 4.55. The summed E-state index contributed by atoms with van der Waals surface area (Å²) in [7, 11) is 0. The molecule has 0 bridgehead atoms. The van der Waals surface area contributed by atoms with E-state index in [9.17, 15) is 4.79 Å². The second-order valence-corrected chi connectivity index (χ2v) is 9.99. The normalized spacial score (nSPS) is 12.4. The van der Waals surface area contributed by atoms with E-state index < -0.39 is 0 Å². The van der Waals surface area contributed by atoms with Gasteiger partial charge in [-0.3, -0.25) is 4.79 Å². The molecule has 0 aliphatic heterocycles. The number of nitrogens with zero attached hydrogens (tertiary/aromatic N) is 3. The second kappa shape index (κ2) is 11.0. The summed E-state index contributed by atoms with van der Waals surface area (Å²) >= 11 is 9.77. The molecule has 0 fully saturated rings. The smallest absolute Gasteiger partial charge is 0.282 e. The Labute approximate surface area is 232 Å². The zero-order chi connectivity index (χ0) is 26.8. The molecule has 7 nitrogen and oxygen atoms in total. The number of hydrogen-bond acceptors (Lipinski definition) is 6. The number of benzene rings is 3. The standard InChI is InChI=1S/C29H25BrClN3O4/c1-4-17(3)37-26-15-22(30)19(14-25(26)36-5-2)16-32-34-28(33-23-9-7-6-8-21(23)29(34)35)27-13-18-12-20(31)10-11-24(18)38-27/h6-17H,4-5H2,1-3H3/t17-/m0/s1. The lowest BCUT2D eigenvalue weighted by molar-refractivity contribution is 0.203. The van der Waals surface area contributed by atoms with Crippen molar-refractivity contribution >= 4 is 55.6 Å². The summed E-state index contributed by atoms with van der Waals surface area (Å²) in [5.74, 6) is 1.90. The minimum atomic E-state index is -0.321. The van der Waals surface area contributed by atoms with Crippen LogP contribution in [-0.2, 0) is 0 Å². The van der Waals surface area contributed by atoms with Crippen LogP contribution in [0.1, 0.15) is 32.8 Å². The van der Waals surface area contributed by atoms with Crippen LogP contribution in [0.15, 0.2) is 79.4 Å². The molecule has 5 aromatic rings. The average molecular weight is 595 g/mol. The average Bonchev–Trinajstić information content (AvgIpc) is 3.33. The Morgan fingerprint density at radius 3 is 2.74 bits per heavy atom. The summed E-state index contributed by atoms with van der Waals surface area (Å²) in [5, 5.41) is 6.39. The van der Waals surface area contributed by atoms with Gasteiger partial charge < -0.3 is 13.9 Å². The molecule has 0 unspecified atom stereocenters. The van der Waals surface area contributed by atoms with Gasteiger partial charge >= 0.3 is 0 Å². The molecule has 2 heterocycles. The maximum Gasteiger partial charge on any atom is 0.282 e. The molecular weight excluding hydrogens is 570 g/mol. The number of para-hydroxylation sites is 1. The van der Waals surface area contributed by atoms with E-state index in [4.69, 9.17) is 30.5 Å². The topological polar surface area (TPSA) is 78.9 Å². The van der Waals surface area contributed by atoms with E-state index in [0.717, 1.165) is 16.3 Å². The van der Waals surface area contributed by atoms with Crippen LogP contribution < -0.4 is 15.0 Å². The number of ether oxygens (including phenoxy) is 2. The van der Waals surface area contributed by atoms with Gasteiger partial charge in [-0.1, -0.05) is 30.7 Å². The minimum Gasteiger partial charge on any atom is -0.490 e. The summed E-state index contributed by atoms with van der Waals surface area (Å²) in [6.45, 7) is 6.45. The maximum atomic E-state index is 13.6. The van der Waals surface area contributed by atoms with Gasteiger partial charge in [0.1, 0.15) is 5.58 Å². The Kier molecular flexibility index (Phi) is 7.53. The summed E-state index contributed by atoms with van der Waals surface area (Å²) in [6, 6.07) is 17.9. The molecule has 38 heavy (non-hydrogen) atoms. The Morgan fingerprint density at radius 2 is 1.95 bits per heavy atom. The molecule has 0 radical (unpaired) electrons. The third-order valence-corrected chi connectivity index (χ3v) is 6.95. The van der Waals surface area contributed by atoms with Crippen molar-refractivity contribution < 1.29 is 13.9 Å². The van der Waals surface area contributed by atoms with Crippen molar-refractivity contribution in [3.63, 3.8) is 0 Å². The summed E-state index contributed by atoms with van der Waals surface area (Å²) < 4.78 is 19.9. The quantitative estimate of drug-likeness (QED) is 0.172. The molecular formula is C29H25BrClN3O4. The summed E-state index contributed by atoms with van der Waals surface area (Å²) in [5.41, 5.74) is 1.55. The number of rotatable bonds is 8. The number of aromatic nitrogens is 2. The van der Waals surface area contributed by atoms with Crippen LogP contribution in [0, 0.1) is 0 Å². The minimum absolute atomic E-state index is 0.0316. The monoisotopic (exact) mass is 593 g/mol. The van der Waals surface area contributed by atoms with Crippen molar-refractivity contribution in [2.45, 2.75) is 33.3 Å². The zero-order valence-electron chi connectivity index (χ0n) is 21.1. The van der Waals surface area contributed by atoms with E-state index in [2.05, 4.69) is 28.0 Å². The van der Waals surface area contributed by atoms with Gasteiger partial charge in [0.05, 0.1) is 29.8 Å². The first-order valence-corrected chi connectivity index (χ1v) is 13.4. The molecule has 2 aromatic heterocycles. The lowest BCUT2D eigenvalue weighted by Gasteiger charge is -2.17. The summed E-state index contributed by atoms with van der Waals surface area (Å²) in [4.78, 5) is 18.3. The molecule has 194 valence electrons. The molecule has 0 aliphatic rings. The van der Waals surface area contributed by atoms with Crippen molar-refractivity contribution in [3.05, 3.63) is 86.1 Å². The molecule has 0 N–H and O–H groups in total. The Morgan fingerprint density at radius 1 is 1.13 bits per heavy atom. The zero-order valence-corrected chi connectivity index (χ0v) is 23.4. The van der Waals surface area contributed by atoms with Gasteiger partial charge in [-0.2, -0.15) is 9.78 Å². The van der Waals surface area contributed by atoms with Crippen molar-refractivity contribution in [3.8, 4) is 23.1 Å². The van der Waals surface area contributed by atoms with Crippen LogP contribution in [0.2, 0.25) is 5.02 Å². The van der Waals surface area contributed by atoms with Crippen molar-refractivity contribution in [1.82, 2.24) is 9.66 Å². The number of hydrogen-bond donors (Lipinski definition) is 0. The van der Waals surface area contributed by atoms with Crippen LogP contribution in [-0.4, -0.2) is 28.6 Å². The van der Waals surface area contributed by atoms with E-state index in [0.29, 0.717) is 50.9 Å². The predicted molar refractivity (Wildman–Crippen MR) is 155 cm³/mol. The number of halogens is 2. The van der Waals surface area contributed by atoms with Gasteiger partial charge in [0.2, 0.25) is 5.82 Å². The third kappa shape index (κ3) is 5.19. The molecule has 0 spiro atoms. The molecule has 0 saturated heterocycles. The van der Waals surface area contributed by atoms with Crippen LogP contribution in [0.3, 0.4) is 0 Å². The highest BCUT2D eigenvalue weighted by Crippen LogP contribution is 2.34. The van der Waals surface area contributed by atoms with Gasteiger partial charge in [-0.05, 0) is 84.7 Å². The first kappa shape index (κ1) is 26.0. The van der Waals surface area contributed by atoms with Crippen LogP contribution in [0.4, 0.5) is 0 Å². The molecule has 0 saturated carbocycles. The van der Waals surface area contributed by atoms with Crippen molar-refractivity contribution in [1.29, 1.82) is 0 Å². The van der Waals surface area contributed by atoms with Crippen LogP contribution in [0.25, 0.3) is 33.5 Å². The molecule has 9 heteroatoms. The highest BCUT2D eigenvalue weighted by molar-refractivity contribution is 9.10. The molecule has 5 rings (SSSR count). The molecule has 1 atom stereocenters.